The third-order valence-electron chi connectivity index (χ3n) is 16.5. The van der Waals surface area contributed by atoms with Crippen LogP contribution in [0.3, 0.4) is 0 Å². The van der Waals surface area contributed by atoms with E-state index in [0.717, 1.165) is 90.8 Å². The van der Waals surface area contributed by atoms with E-state index >= 15 is 0 Å². The summed E-state index contributed by atoms with van der Waals surface area (Å²) in [5.41, 5.74) is 24.4. The predicted octanol–water partition coefficient (Wildman–Crippen LogP) is 10.6. The first-order valence-corrected chi connectivity index (χ1v) is 25.9. The van der Waals surface area contributed by atoms with Crippen molar-refractivity contribution >= 4 is 138 Å². The predicted molar refractivity (Wildman–Crippen MR) is 312 cm³/mol. The van der Waals surface area contributed by atoms with Crippen molar-refractivity contribution in [2.45, 2.75) is 0 Å². The van der Waals surface area contributed by atoms with Gasteiger partial charge in [0.1, 0.15) is 23.0 Å². The largest absolute Gasteiger partial charge is 0.458 e. The smallest absolute Gasteiger partial charge is 0.256 e. The van der Waals surface area contributed by atoms with Gasteiger partial charge in [0.15, 0.2) is 0 Å². The van der Waals surface area contributed by atoms with E-state index in [-0.39, 0.29) is 20.1 Å². The van der Waals surface area contributed by atoms with Crippen molar-refractivity contribution in [3.8, 4) is 23.0 Å². The first-order chi connectivity index (χ1) is 37.2. The summed E-state index contributed by atoms with van der Waals surface area (Å²) in [5.74, 6) is 3.53. The summed E-state index contributed by atoms with van der Waals surface area (Å²) in [6.45, 7) is -0.315. The highest BCUT2D eigenvalue weighted by molar-refractivity contribution is 7.03. The summed E-state index contributed by atoms with van der Waals surface area (Å²) in [6, 6.07) is 90.7. The SMILES string of the molecule is c1ccc(N2c3ccccc3B3c4cc5c(cc4Oc4cccc2c43)B2c3cc4c(cc3N(c3ccccc3)c3cccc(c32)N5c2ccccc2)B2c3ccccc3N(c3ccccc3)c3cccc(c32)O4)cc1. The number of nitrogens with zero attached hydrogens (tertiary/aromatic N) is 4. The van der Waals surface area contributed by atoms with Gasteiger partial charge in [-0.1, -0.05) is 127 Å². The zero-order valence-electron chi connectivity index (χ0n) is 40.5. The number of hydrogen-bond donors (Lipinski definition) is 0. The summed E-state index contributed by atoms with van der Waals surface area (Å²) in [4.78, 5) is 9.79. The quantitative estimate of drug-likeness (QED) is 0.163. The summed E-state index contributed by atoms with van der Waals surface area (Å²) in [7, 11) is 0. The van der Waals surface area contributed by atoms with Gasteiger partial charge in [0.2, 0.25) is 0 Å². The molecule has 0 aliphatic carbocycles. The van der Waals surface area contributed by atoms with Crippen molar-refractivity contribution < 1.29 is 9.47 Å². The van der Waals surface area contributed by atoms with Crippen LogP contribution in [0.4, 0.5) is 68.2 Å². The van der Waals surface area contributed by atoms with Crippen LogP contribution in [0.15, 0.2) is 249 Å². The maximum Gasteiger partial charge on any atom is 0.256 e. The third-order valence-corrected chi connectivity index (χ3v) is 16.5. The number of benzene rings is 11. The Morgan fingerprint density at radius 2 is 0.520 bits per heavy atom. The molecule has 0 saturated heterocycles. The highest BCUT2D eigenvalue weighted by Crippen LogP contribution is 2.48. The average molecular weight is 955 g/mol. The Kier molecular flexibility index (Phi) is 8.44. The number of rotatable bonds is 4. The van der Waals surface area contributed by atoms with Crippen LogP contribution in [-0.4, -0.2) is 20.1 Å². The van der Waals surface area contributed by atoms with Crippen molar-refractivity contribution in [3.05, 3.63) is 249 Å². The minimum atomic E-state index is -0.177. The number of ether oxygens (including phenoxy) is 2. The molecule has 0 radical (unpaired) electrons. The van der Waals surface area contributed by atoms with Gasteiger partial charge in [-0.2, -0.15) is 0 Å². The standard InChI is InChI=1S/C66H41B3N4O2/c1-5-20-42(21-6-1)70-52-30-15-13-28-46(52)67-50-38-58-48(40-62(50)74-60-36-18-34-56(70)65(60)67)69-49-41-63-51(68-47-29-14-16-31-53(47)71(43-22-7-2-8-23-43)57-35-19-37-61(75-63)66(57)68)39-59(49)73(45-26-11-4-12-27-45)55-33-17-32-54(64(55)69)72(58)44-24-9-3-10-25-44/h1-41H. The van der Waals surface area contributed by atoms with Gasteiger partial charge in [-0.15, -0.1) is 0 Å². The molecule has 6 aliphatic heterocycles. The molecule has 0 saturated carbocycles. The van der Waals surface area contributed by atoms with Crippen LogP contribution in [-0.2, 0) is 0 Å². The molecule has 0 fully saturated rings. The molecule has 0 unspecified atom stereocenters. The Morgan fingerprint density at radius 1 is 0.213 bits per heavy atom. The van der Waals surface area contributed by atoms with Gasteiger partial charge in [-0.25, -0.2) is 0 Å². The van der Waals surface area contributed by atoms with E-state index in [1.807, 2.05) is 0 Å². The topological polar surface area (TPSA) is 31.4 Å². The first-order valence-electron chi connectivity index (χ1n) is 25.9. The molecule has 6 aliphatic rings. The van der Waals surface area contributed by atoms with Gasteiger partial charge >= 0.3 is 0 Å². The molecule has 0 spiro atoms. The van der Waals surface area contributed by atoms with Crippen LogP contribution in [0.5, 0.6) is 23.0 Å². The van der Waals surface area contributed by atoms with Crippen molar-refractivity contribution in [1.82, 2.24) is 0 Å². The van der Waals surface area contributed by atoms with Crippen LogP contribution in [0, 0.1) is 0 Å². The second-order valence-corrected chi connectivity index (χ2v) is 20.3. The molecule has 346 valence electrons. The van der Waals surface area contributed by atoms with E-state index in [2.05, 4.69) is 268 Å². The number of para-hydroxylation sites is 6. The van der Waals surface area contributed by atoms with Gasteiger partial charge in [0, 0.05) is 68.2 Å². The van der Waals surface area contributed by atoms with Crippen molar-refractivity contribution in [1.29, 1.82) is 0 Å². The van der Waals surface area contributed by atoms with E-state index in [9.17, 15) is 0 Å². The van der Waals surface area contributed by atoms with E-state index in [0.29, 0.717) is 0 Å². The minimum absolute atomic E-state index is 0.0689. The summed E-state index contributed by atoms with van der Waals surface area (Å²) in [5, 5.41) is 0. The molecule has 0 atom stereocenters. The third kappa shape index (κ3) is 5.67. The summed E-state index contributed by atoms with van der Waals surface area (Å²) >= 11 is 0. The van der Waals surface area contributed by atoms with Gasteiger partial charge in [-0.05, 0) is 170 Å². The monoisotopic (exact) mass is 954 g/mol. The molecular weight excluding hydrogens is 913 g/mol. The molecule has 11 aromatic rings. The molecule has 11 aromatic carbocycles. The lowest BCUT2D eigenvalue weighted by molar-refractivity contribution is 0.488. The zero-order valence-corrected chi connectivity index (χ0v) is 40.5. The Hall–Kier alpha value is -9.59. The molecule has 17 rings (SSSR count). The molecule has 0 aromatic heterocycles. The summed E-state index contributed by atoms with van der Waals surface area (Å²) < 4.78 is 14.6. The van der Waals surface area contributed by atoms with Crippen LogP contribution < -0.4 is 78.2 Å². The lowest BCUT2D eigenvalue weighted by Gasteiger charge is -2.46. The molecule has 0 N–H and O–H groups in total. The van der Waals surface area contributed by atoms with E-state index in [4.69, 9.17) is 9.47 Å². The fraction of sp³-hybridized carbons (Fsp3) is 0. The molecular formula is C66H41B3N4O2. The second-order valence-electron chi connectivity index (χ2n) is 20.3. The number of fused-ring (bicyclic) bond motifs is 12. The first kappa shape index (κ1) is 40.9. The minimum Gasteiger partial charge on any atom is -0.458 e. The number of hydrogen-bond acceptors (Lipinski definition) is 6. The van der Waals surface area contributed by atoms with Gasteiger partial charge in [0.25, 0.3) is 20.1 Å². The lowest BCUT2D eigenvalue weighted by Crippen LogP contribution is -2.64. The maximum absolute atomic E-state index is 7.30. The van der Waals surface area contributed by atoms with Crippen molar-refractivity contribution in [2.75, 3.05) is 19.6 Å². The molecule has 6 nitrogen and oxygen atoms in total. The van der Waals surface area contributed by atoms with Crippen molar-refractivity contribution in [2.24, 2.45) is 0 Å². The second kappa shape index (κ2) is 15.5. The molecule has 6 heterocycles. The van der Waals surface area contributed by atoms with E-state index in [1.165, 1.54) is 49.6 Å². The fourth-order valence-electron chi connectivity index (χ4n) is 13.6. The van der Waals surface area contributed by atoms with Crippen LogP contribution in [0.2, 0.25) is 0 Å². The normalized spacial score (nSPS) is 14.2. The van der Waals surface area contributed by atoms with E-state index in [1.54, 1.807) is 0 Å². The highest BCUT2D eigenvalue weighted by Gasteiger charge is 2.49. The Labute approximate surface area is 436 Å². The highest BCUT2D eigenvalue weighted by atomic mass is 16.5. The van der Waals surface area contributed by atoms with Crippen LogP contribution in [0.25, 0.3) is 0 Å². The van der Waals surface area contributed by atoms with E-state index < -0.39 is 0 Å². The maximum atomic E-state index is 7.30. The average Bonchev–Trinajstić information content (AvgIpc) is 3.47. The van der Waals surface area contributed by atoms with Crippen molar-refractivity contribution in [3.63, 3.8) is 0 Å². The molecule has 75 heavy (non-hydrogen) atoms. The van der Waals surface area contributed by atoms with Gasteiger partial charge < -0.3 is 29.1 Å². The fourth-order valence-corrected chi connectivity index (χ4v) is 13.6. The summed E-state index contributed by atoms with van der Waals surface area (Å²) in [6.07, 6.45) is 0. The lowest BCUT2D eigenvalue weighted by atomic mass is 9.30. The van der Waals surface area contributed by atoms with Crippen LogP contribution in [0.1, 0.15) is 0 Å². The Bertz CT molecular complexity index is 3930. The zero-order chi connectivity index (χ0) is 48.9. The van der Waals surface area contributed by atoms with Gasteiger partial charge in [0.05, 0.1) is 0 Å². The Morgan fingerprint density at radius 3 is 0.920 bits per heavy atom. The van der Waals surface area contributed by atoms with Gasteiger partial charge in [-0.3, -0.25) is 0 Å². The molecule has 9 heteroatoms. The molecule has 0 bridgehead atoms. The van der Waals surface area contributed by atoms with Crippen LogP contribution >= 0.6 is 0 Å². The Balaban J connectivity index is 0.918. The number of anilines is 12. The molecule has 0 amide bonds.